The Morgan fingerprint density at radius 3 is 2.61 bits per heavy atom. The van der Waals surface area contributed by atoms with Crippen molar-refractivity contribution in [2.45, 2.75) is 64.1 Å². The summed E-state index contributed by atoms with van der Waals surface area (Å²) < 4.78 is 32.8. The van der Waals surface area contributed by atoms with Crippen molar-refractivity contribution in [2.75, 3.05) is 36.1 Å². The number of hydrogen-bond acceptors (Lipinski definition) is 13. The first-order chi connectivity index (χ1) is 21.5. The number of anilines is 2. The second-order valence-electron chi connectivity index (χ2n) is 13.0. The fourth-order valence-corrected chi connectivity index (χ4v) is 7.49. The molecule has 0 aromatic carbocycles. The molecule has 19 heteroatoms. The van der Waals surface area contributed by atoms with Crippen molar-refractivity contribution in [1.82, 2.24) is 45.1 Å². The number of carbonyl (C=O) groups excluding carboxylic acids is 1. The number of carbonyl (C=O) groups is 1. The number of aliphatic hydroxyl groups excluding tert-OH is 2. The quantitative estimate of drug-likeness (QED) is 0.0986. The van der Waals surface area contributed by atoms with Gasteiger partial charge < -0.3 is 42.0 Å². The van der Waals surface area contributed by atoms with Crippen LogP contribution in [0.3, 0.4) is 0 Å². The topological polar surface area (TPSA) is 282 Å². The van der Waals surface area contributed by atoms with Gasteiger partial charge in [0.25, 0.3) is 5.56 Å². The average molecular weight is 662 g/mol. The van der Waals surface area contributed by atoms with Crippen LogP contribution in [0.15, 0.2) is 23.6 Å². The van der Waals surface area contributed by atoms with Gasteiger partial charge >= 0.3 is 6.03 Å². The number of ether oxygens (including phenoxy) is 1. The molecule has 250 valence electrons. The van der Waals surface area contributed by atoms with E-state index in [-0.39, 0.29) is 41.6 Å². The van der Waals surface area contributed by atoms with Crippen LogP contribution in [-0.4, -0.2) is 102 Å². The number of H-pyrrole nitrogens is 2. The molecule has 4 aromatic heterocycles. The van der Waals surface area contributed by atoms with Crippen molar-refractivity contribution in [3.05, 3.63) is 34.8 Å². The highest BCUT2D eigenvalue weighted by molar-refractivity contribution is 7.91. The summed E-state index contributed by atoms with van der Waals surface area (Å²) >= 11 is 0. The number of aliphatic hydroxyl groups is 2. The monoisotopic (exact) mass is 661 g/mol. The molecule has 0 radical (unpaired) electrons. The lowest BCUT2D eigenvalue weighted by Crippen LogP contribution is -2.44. The van der Waals surface area contributed by atoms with Gasteiger partial charge in [0.2, 0.25) is 5.95 Å². The first-order valence-electron chi connectivity index (χ1n) is 14.5. The molecule has 1 aliphatic rings. The first-order valence-corrected chi connectivity index (χ1v) is 16.3. The van der Waals surface area contributed by atoms with Gasteiger partial charge in [0.1, 0.15) is 35.8 Å². The zero-order chi connectivity index (χ0) is 33.6. The Hall–Kier alpha value is -4.33. The highest BCUT2D eigenvalue weighted by atomic mass is 32.2. The van der Waals surface area contributed by atoms with E-state index in [1.54, 1.807) is 6.20 Å². The molecule has 0 saturated carbocycles. The van der Waals surface area contributed by atoms with Crippen molar-refractivity contribution in [3.63, 3.8) is 0 Å². The van der Waals surface area contributed by atoms with Gasteiger partial charge in [-0.2, -0.15) is 4.98 Å². The maximum absolute atomic E-state index is 12.9. The summed E-state index contributed by atoms with van der Waals surface area (Å²) in [5, 5.41) is 26.9. The van der Waals surface area contributed by atoms with Crippen molar-refractivity contribution in [3.8, 4) is 0 Å². The molecule has 4 aromatic rings. The molecule has 5 rings (SSSR count). The van der Waals surface area contributed by atoms with Crippen molar-refractivity contribution in [1.29, 1.82) is 0 Å². The molecular weight excluding hydrogens is 622 g/mol. The maximum atomic E-state index is 12.9. The van der Waals surface area contributed by atoms with Crippen LogP contribution in [0, 0.1) is 5.41 Å². The minimum absolute atomic E-state index is 0.0191. The molecule has 0 aliphatic carbocycles. The van der Waals surface area contributed by atoms with Gasteiger partial charge in [0.05, 0.1) is 23.2 Å². The van der Waals surface area contributed by atoms with E-state index in [0.717, 1.165) is 5.56 Å². The number of rotatable bonds is 11. The molecule has 1 fully saturated rings. The van der Waals surface area contributed by atoms with E-state index in [1.807, 2.05) is 27.7 Å². The predicted octanol–water partition coefficient (Wildman–Crippen LogP) is -0.717. The van der Waals surface area contributed by atoms with E-state index in [4.69, 9.17) is 16.2 Å². The van der Waals surface area contributed by atoms with E-state index >= 15 is 0 Å². The number of urea groups is 1. The van der Waals surface area contributed by atoms with Crippen LogP contribution in [0.5, 0.6) is 0 Å². The summed E-state index contributed by atoms with van der Waals surface area (Å²) in [6, 6.07) is -0.551. The van der Waals surface area contributed by atoms with Crippen LogP contribution in [-0.2, 0) is 20.0 Å². The molecule has 4 atom stereocenters. The number of imidazole rings is 1. The molecule has 0 bridgehead atoms. The molecule has 2 unspecified atom stereocenters. The number of aromatic nitrogens is 7. The van der Waals surface area contributed by atoms with E-state index in [9.17, 15) is 28.2 Å². The van der Waals surface area contributed by atoms with Gasteiger partial charge in [-0.25, -0.2) is 28.2 Å². The number of nitrogens with zero attached hydrogens (tertiary/aromatic N) is 5. The summed E-state index contributed by atoms with van der Waals surface area (Å²) in [5.41, 5.74) is 11.9. The SMILES string of the molecule is CC(C)(CNC(=O)NCCS(=O)(=O)C[C@H]1O[C@@H](n2cnc3c(N)ncnc32)C(O)C1O)CC(C)(C)c1c[nH]c2nc(N)[nH]c(=O)c12. The predicted molar refractivity (Wildman–Crippen MR) is 168 cm³/mol. The Morgan fingerprint density at radius 1 is 1.13 bits per heavy atom. The van der Waals surface area contributed by atoms with Gasteiger partial charge in [0.15, 0.2) is 27.5 Å². The van der Waals surface area contributed by atoms with E-state index < -0.39 is 62.7 Å². The fourth-order valence-electron chi connectivity index (χ4n) is 6.13. The van der Waals surface area contributed by atoms with Crippen LogP contribution in [0.2, 0.25) is 0 Å². The van der Waals surface area contributed by atoms with Gasteiger partial charge in [-0.15, -0.1) is 0 Å². The molecule has 5 heterocycles. The number of amides is 2. The zero-order valence-corrected chi connectivity index (χ0v) is 26.6. The molecule has 18 nitrogen and oxygen atoms in total. The Morgan fingerprint density at radius 2 is 1.87 bits per heavy atom. The number of nitrogen functional groups attached to an aromatic ring is 2. The average Bonchev–Trinajstić information content (AvgIpc) is 3.65. The minimum Gasteiger partial charge on any atom is -0.387 e. The van der Waals surface area contributed by atoms with Crippen LogP contribution >= 0.6 is 0 Å². The van der Waals surface area contributed by atoms with Gasteiger partial charge in [-0.05, 0) is 22.8 Å². The summed E-state index contributed by atoms with van der Waals surface area (Å²) in [5.74, 6) is -0.872. The summed E-state index contributed by atoms with van der Waals surface area (Å²) in [6.07, 6.45) is -0.505. The lowest BCUT2D eigenvalue weighted by Gasteiger charge is -2.35. The van der Waals surface area contributed by atoms with Gasteiger partial charge in [-0.1, -0.05) is 27.7 Å². The lowest BCUT2D eigenvalue weighted by molar-refractivity contribution is -0.0292. The summed E-state index contributed by atoms with van der Waals surface area (Å²) in [4.78, 5) is 46.9. The molecule has 1 saturated heterocycles. The first kappa shape index (κ1) is 33.0. The molecule has 10 N–H and O–H groups in total. The van der Waals surface area contributed by atoms with E-state index in [0.29, 0.717) is 17.5 Å². The van der Waals surface area contributed by atoms with Crippen molar-refractivity contribution >= 4 is 49.8 Å². The van der Waals surface area contributed by atoms with Gasteiger partial charge in [0, 0.05) is 19.3 Å². The highest BCUT2D eigenvalue weighted by Gasteiger charge is 2.46. The Labute approximate surface area is 263 Å². The minimum atomic E-state index is -3.83. The number of nitrogens with one attached hydrogen (secondary N) is 4. The standard InChI is InChI=1S/C27H39N11O7S/c1-26(2,9-27(3,4)13-7-31-20-15(13)22(41)37-24(29)36-20)10-32-25(42)30-5-6-46(43,44)8-14-17(39)18(40)23(45-14)38-12-35-16-19(28)33-11-34-21(16)38/h7,11-12,14,17-18,23,39-40H,5-6,8-10H2,1-4H3,(H2,28,33,34)(H2,30,32,42)(H4,29,31,36,37,41)/t14-,17?,18?,23-/m1/s1. The van der Waals surface area contributed by atoms with Crippen LogP contribution in [0.1, 0.15) is 45.9 Å². The molecular formula is C27H39N11O7S. The summed E-state index contributed by atoms with van der Waals surface area (Å²) in [7, 11) is -3.83. The maximum Gasteiger partial charge on any atom is 0.314 e. The zero-order valence-electron chi connectivity index (χ0n) is 25.8. The van der Waals surface area contributed by atoms with E-state index in [2.05, 4.69) is 40.5 Å². The second kappa shape index (κ2) is 12.1. The highest BCUT2D eigenvalue weighted by Crippen LogP contribution is 2.38. The normalized spacial score (nSPS) is 20.8. The third-order valence-corrected chi connectivity index (χ3v) is 9.72. The van der Waals surface area contributed by atoms with Gasteiger partial charge in [-0.3, -0.25) is 14.3 Å². The van der Waals surface area contributed by atoms with Crippen molar-refractivity contribution in [2.24, 2.45) is 5.41 Å². The Balaban J connectivity index is 1.11. The molecule has 0 spiro atoms. The molecule has 1 aliphatic heterocycles. The number of sulfone groups is 1. The van der Waals surface area contributed by atoms with Crippen molar-refractivity contribution < 1.29 is 28.2 Å². The second-order valence-corrected chi connectivity index (χ2v) is 15.2. The largest absolute Gasteiger partial charge is 0.387 e. The fraction of sp³-hybridized carbons (Fsp3) is 0.556. The molecule has 2 amide bonds. The smallest absolute Gasteiger partial charge is 0.314 e. The van der Waals surface area contributed by atoms with E-state index in [1.165, 1.54) is 17.2 Å². The summed E-state index contributed by atoms with van der Waals surface area (Å²) in [6.45, 7) is 8.00. The third-order valence-electron chi connectivity index (χ3n) is 8.05. The number of hydrogen-bond donors (Lipinski definition) is 8. The Bertz CT molecular complexity index is 1920. The number of fused-ring (bicyclic) bond motifs is 2. The molecule has 46 heavy (non-hydrogen) atoms. The van der Waals surface area contributed by atoms with Crippen LogP contribution in [0.25, 0.3) is 22.2 Å². The van der Waals surface area contributed by atoms with Crippen LogP contribution < -0.4 is 27.7 Å². The Kier molecular flexibility index (Phi) is 8.71. The number of aromatic amines is 2. The third kappa shape index (κ3) is 6.76. The lowest BCUT2D eigenvalue weighted by atomic mass is 9.71. The number of nitrogens with two attached hydrogens (primary N) is 2. The van der Waals surface area contributed by atoms with Crippen LogP contribution in [0.4, 0.5) is 16.6 Å².